The summed E-state index contributed by atoms with van der Waals surface area (Å²) in [5.74, 6) is 0.468. The van der Waals surface area contributed by atoms with Crippen LogP contribution in [0.2, 0.25) is 0 Å². The van der Waals surface area contributed by atoms with Crippen LogP contribution in [-0.4, -0.2) is 12.5 Å². The van der Waals surface area contributed by atoms with Crippen molar-refractivity contribution < 1.29 is 13.9 Å². The Hall–Kier alpha value is -3.38. The molecule has 1 aliphatic heterocycles. The molecule has 0 saturated heterocycles. The van der Waals surface area contributed by atoms with E-state index < -0.39 is 6.04 Å². The van der Waals surface area contributed by atoms with Crippen molar-refractivity contribution in [2.45, 2.75) is 13.0 Å². The van der Waals surface area contributed by atoms with E-state index in [1.54, 1.807) is 29.2 Å². The summed E-state index contributed by atoms with van der Waals surface area (Å²) < 4.78 is 12.4. The Balaban J connectivity index is 1.74. The monoisotopic (exact) mass is 475 g/mol. The summed E-state index contributed by atoms with van der Waals surface area (Å²) >= 11 is 3.45. The fourth-order valence-electron chi connectivity index (χ4n) is 4.02. The Bertz CT molecular complexity index is 1340. The maximum absolute atomic E-state index is 13.5. The average Bonchev–Trinajstić information content (AvgIpc) is 3.08. The van der Waals surface area contributed by atoms with Crippen LogP contribution in [0.15, 0.2) is 86.5 Å². The van der Waals surface area contributed by atoms with Crippen LogP contribution in [0.3, 0.4) is 0 Å². The smallest absolute Gasteiger partial charge is 0.295 e. The van der Waals surface area contributed by atoms with Gasteiger partial charge < -0.3 is 9.15 Å². The summed E-state index contributed by atoms with van der Waals surface area (Å²) in [7, 11) is 0. The lowest BCUT2D eigenvalue weighted by Gasteiger charge is -2.25. The lowest BCUT2D eigenvalue weighted by molar-refractivity contribution is 0.0971. The van der Waals surface area contributed by atoms with E-state index in [2.05, 4.69) is 15.9 Å². The van der Waals surface area contributed by atoms with Crippen LogP contribution in [0.1, 0.15) is 34.6 Å². The van der Waals surface area contributed by atoms with Crippen LogP contribution < -0.4 is 15.1 Å². The second kappa shape index (κ2) is 7.71. The highest BCUT2D eigenvalue weighted by atomic mass is 79.9. The van der Waals surface area contributed by atoms with Gasteiger partial charge in [-0.3, -0.25) is 14.5 Å². The van der Waals surface area contributed by atoms with Crippen LogP contribution in [0.5, 0.6) is 5.75 Å². The third-order valence-electron chi connectivity index (χ3n) is 5.39. The van der Waals surface area contributed by atoms with Crippen LogP contribution in [0, 0.1) is 0 Å². The molecule has 3 aromatic carbocycles. The number of para-hydroxylation sites is 1. The first kappa shape index (κ1) is 19.6. The highest BCUT2D eigenvalue weighted by Crippen LogP contribution is 2.41. The summed E-state index contributed by atoms with van der Waals surface area (Å²) in [6.07, 6.45) is 0. The van der Waals surface area contributed by atoms with Gasteiger partial charge in [-0.25, -0.2) is 0 Å². The molecule has 154 valence electrons. The number of anilines is 1. The molecule has 4 aromatic rings. The molecule has 1 amide bonds. The lowest BCUT2D eigenvalue weighted by Crippen LogP contribution is -2.29. The Morgan fingerprint density at radius 1 is 0.968 bits per heavy atom. The van der Waals surface area contributed by atoms with Gasteiger partial charge in [0.1, 0.15) is 11.3 Å². The van der Waals surface area contributed by atoms with Gasteiger partial charge in [0, 0.05) is 10.2 Å². The molecule has 0 aliphatic carbocycles. The predicted octanol–water partition coefficient (Wildman–Crippen LogP) is 5.70. The molecule has 0 bridgehead atoms. The van der Waals surface area contributed by atoms with Crippen molar-refractivity contribution in [2.24, 2.45) is 0 Å². The highest BCUT2D eigenvalue weighted by Gasteiger charge is 2.43. The van der Waals surface area contributed by atoms with E-state index in [0.29, 0.717) is 28.8 Å². The molecule has 31 heavy (non-hydrogen) atoms. The summed E-state index contributed by atoms with van der Waals surface area (Å²) in [5.41, 5.74) is 2.07. The van der Waals surface area contributed by atoms with Crippen molar-refractivity contribution in [1.29, 1.82) is 0 Å². The highest BCUT2D eigenvalue weighted by molar-refractivity contribution is 9.10. The molecule has 6 heteroatoms. The van der Waals surface area contributed by atoms with E-state index in [0.717, 1.165) is 15.8 Å². The molecule has 0 radical (unpaired) electrons. The number of fused-ring (bicyclic) bond motifs is 2. The summed E-state index contributed by atoms with van der Waals surface area (Å²) in [5, 5.41) is 0.463. The van der Waals surface area contributed by atoms with Crippen LogP contribution in [0.4, 0.5) is 5.69 Å². The van der Waals surface area contributed by atoms with Crippen LogP contribution >= 0.6 is 15.9 Å². The molecule has 1 aromatic heterocycles. The number of hydrogen-bond acceptors (Lipinski definition) is 4. The molecule has 1 atom stereocenters. The summed E-state index contributed by atoms with van der Waals surface area (Å²) in [6.45, 7) is 2.47. The number of hydrogen-bond donors (Lipinski definition) is 0. The Labute approximate surface area is 187 Å². The average molecular weight is 476 g/mol. The van der Waals surface area contributed by atoms with Gasteiger partial charge >= 0.3 is 0 Å². The quantitative estimate of drug-likeness (QED) is 0.379. The van der Waals surface area contributed by atoms with Gasteiger partial charge in [-0.05, 0) is 61.0 Å². The van der Waals surface area contributed by atoms with Crippen molar-refractivity contribution in [3.05, 3.63) is 104 Å². The summed E-state index contributed by atoms with van der Waals surface area (Å²) in [6, 6.07) is 21.3. The zero-order chi connectivity index (χ0) is 21.5. The molecule has 2 heterocycles. The third-order valence-corrected chi connectivity index (χ3v) is 5.92. The predicted molar refractivity (Wildman–Crippen MR) is 123 cm³/mol. The van der Waals surface area contributed by atoms with Gasteiger partial charge in [0.2, 0.25) is 5.76 Å². The first-order chi connectivity index (χ1) is 15.1. The van der Waals surface area contributed by atoms with Gasteiger partial charge in [0.25, 0.3) is 5.91 Å². The Morgan fingerprint density at radius 3 is 2.39 bits per heavy atom. The molecule has 1 aliphatic rings. The van der Waals surface area contributed by atoms with Crippen LogP contribution in [0.25, 0.3) is 11.0 Å². The number of benzene rings is 3. The molecule has 0 fully saturated rings. The largest absolute Gasteiger partial charge is 0.494 e. The van der Waals surface area contributed by atoms with E-state index in [1.165, 1.54) is 0 Å². The van der Waals surface area contributed by atoms with E-state index in [9.17, 15) is 9.59 Å². The lowest BCUT2D eigenvalue weighted by atomic mass is 9.98. The second-order valence-corrected chi connectivity index (χ2v) is 8.14. The fourth-order valence-corrected chi connectivity index (χ4v) is 4.28. The zero-order valence-electron chi connectivity index (χ0n) is 16.7. The maximum atomic E-state index is 13.5. The van der Waals surface area contributed by atoms with E-state index >= 15 is 0 Å². The van der Waals surface area contributed by atoms with Gasteiger partial charge in [-0.2, -0.15) is 0 Å². The Kier molecular flexibility index (Phi) is 4.87. The van der Waals surface area contributed by atoms with E-state index in [1.807, 2.05) is 55.5 Å². The van der Waals surface area contributed by atoms with Crippen molar-refractivity contribution in [2.75, 3.05) is 11.5 Å². The minimum absolute atomic E-state index is 0.0884. The standard InChI is InChI=1S/C25H18BrNO4/c1-2-30-18-13-11-17(12-14-18)27-22(15-7-9-16(26)10-8-15)21-23(28)19-5-3-4-6-20(19)31-24(21)25(27)29/h3-14,22H,2H2,1H3. The number of ether oxygens (including phenoxy) is 1. The molecular formula is C25H18BrNO4. The van der Waals surface area contributed by atoms with Gasteiger partial charge in [0.15, 0.2) is 5.43 Å². The number of halogens is 1. The Morgan fingerprint density at radius 2 is 1.68 bits per heavy atom. The third kappa shape index (κ3) is 3.24. The van der Waals surface area contributed by atoms with Crippen molar-refractivity contribution in [3.63, 3.8) is 0 Å². The van der Waals surface area contributed by atoms with Crippen molar-refractivity contribution in [3.8, 4) is 5.75 Å². The van der Waals surface area contributed by atoms with Gasteiger partial charge in [-0.1, -0.05) is 40.2 Å². The maximum Gasteiger partial charge on any atom is 0.295 e. The first-order valence-corrected chi connectivity index (χ1v) is 10.8. The number of nitrogens with zero attached hydrogens (tertiary/aromatic N) is 1. The first-order valence-electron chi connectivity index (χ1n) is 9.96. The fraction of sp³-hybridized carbons (Fsp3) is 0.120. The molecule has 0 spiro atoms. The topological polar surface area (TPSA) is 59.8 Å². The van der Waals surface area contributed by atoms with Crippen LogP contribution in [-0.2, 0) is 0 Å². The van der Waals surface area contributed by atoms with E-state index in [-0.39, 0.29) is 17.1 Å². The number of carbonyl (C=O) groups is 1. The molecular weight excluding hydrogens is 458 g/mol. The minimum atomic E-state index is -0.589. The number of amides is 1. The zero-order valence-corrected chi connectivity index (χ0v) is 18.3. The minimum Gasteiger partial charge on any atom is -0.494 e. The van der Waals surface area contributed by atoms with Gasteiger partial charge in [0.05, 0.1) is 23.6 Å². The molecule has 1 unspecified atom stereocenters. The molecule has 5 nitrogen and oxygen atoms in total. The SMILES string of the molecule is CCOc1ccc(N2C(=O)c3oc4ccccc4c(=O)c3C2c2ccc(Br)cc2)cc1. The summed E-state index contributed by atoms with van der Waals surface area (Å²) in [4.78, 5) is 28.6. The van der Waals surface area contributed by atoms with E-state index in [4.69, 9.17) is 9.15 Å². The number of carbonyl (C=O) groups excluding carboxylic acids is 1. The second-order valence-electron chi connectivity index (χ2n) is 7.23. The number of rotatable bonds is 4. The molecule has 5 rings (SSSR count). The van der Waals surface area contributed by atoms with Crippen molar-refractivity contribution >= 4 is 38.5 Å². The molecule has 0 N–H and O–H groups in total. The normalized spacial score (nSPS) is 15.4. The molecule has 0 saturated carbocycles. The van der Waals surface area contributed by atoms with Crippen molar-refractivity contribution in [1.82, 2.24) is 0 Å². The van der Waals surface area contributed by atoms with Gasteiger partial charge in [-0.15, -0.1) is 0 Å².